The van der Waals surface area contributed by atoms with E-state index >= 15 is 0 Å². The van der Waals surface area contributed by atoms with E-state index in [4.69, 9.17) is 23.2 Å². The van der Waals surface area contributed by atoms with Crippen molar-refractivity contribution in [2.24, 2.45) is 0 Å². The quantitative estimate of drug-likeness (QED) is 0.571. The molecule has 15 heavy (non-hydrogen) atoms. The van der Waals surface area contributed by atoms with Gasteiger partial charge in [0.05, 0.1) is 17.6 Å². The van der Waals surface area contributed by atoms with Gasteiger partial charge in [-0.2, -0.15) is 0 Å². The summed E-state index contributed by atoms with van der Waals surface area (Å²) in [6.45, 7) is 0. The summed E-state index contributed by atoms with van der Waals surface area (Å²) in [5.41, 5.74) is 0.947. The molecule has 2 heterocycles. The SMILES string of the molecule is Fc1ccc(-c2cc(Cl)nc(Cl)n2)nc1. The van der Waals surface area contributed by atoms with E-state index in [0.717, 1.165) is 6.20 Å². The Bertz CT molecular complexity index is 467. The van der Waals surface area contributed by atoms with Gasteiger partial charge in [-0.25, -0.2) is 14.4 Å². The maximum absolute atomic E-state index is 12.6. The Balaban J connectivity index is 2.49. The number of hydrogen-bond acceptors (Lipinski definition) is 3. The molecular weight excluding hydrogens is 240 g/mol. The van der Waals surface area contributed by atoms with Gasteiger partial charge in [-0.05, 0) is 23.7 Å². The van der Waals surface area contributed by atoms with E-state index in [9.17, 15) is 4.39 Å². The first-order valence-electron chi connectivity index (χ1n) is 3.97. The lowest BCUT2D eigenvalue weighted by atomic mass is 10.2. The minimum absolute atomic E-state index is 0.0311. The summed E-state index contributed by atoms with van der Waals surface area (Å²) in [4.78, 5) is 11.5. The van der Waals surface area contributed by atoms with Crippen LogP contribution in [0.25, 0.3) is 11.4 Å². The molecule has 2 aromatic rings. The van der Waals surface area contributed by atoms with Crippen molar-refractivity contribution in [1.29, 1.82) is 0 Å². The number of halogens is 3. The van der Waals surface area contributed by atoms with Crippen LogP contribution in [0.3, 0.4) is 0 Å². The zero-order valence-corrected chi connectivity index (χ0v) is 8.80. The van der Waals surface area contributed by atoms with Gasteiger partial charge in [0.2, 0.25) is 5.28 Å². The van der Waals surface area contributed by atoms with E-state index in [1.807, 2.05) is 0 Å². The molecule has 0 aliphatic rings. The number of aromatic nitrogens is 3. The van der Waals surface area contributed by atoms with Gasteiger partial charge in [0.15, 0.2) is 0 Å². The normalized spacial score (nSPS) is 10.3. The van der Waals surface area contributed by atoms with Gasteiger partial charge in [-0.1, -0.05) is 11.6 Å². The highest BCUT2D eigenvalue weighted by Gasteiger charge is 2.05. The first kappa shape index (κ1) is 10.3. The molecule has 0 bridgehead atoms. The van der Waals surface area contributed by atoms with E-state index < -0.39 is 5.82 Å². The van der Waals surface area contributed by atoms with E-state index in [0.29, 0.717) is 11.4 Å². The van der Waals surface area contributed by atoms with Crippen LogP contribution in [-0.4, -0.2) is 15.0 Å². The van der Waals surface area contributed by atoms with Crippen molar-refractivity contribution in [1.82, 2.24) is 15.0 Å². The van der Waals surface area contributed by atoms with Crippen LogP contribution >= 0.6 is 23.2 Å². The Hall–Kier alpha value is -1.26. The lowest BCUT2D eigenvalue weighted by Crippen LogP contribution is -1.91. The molecule has 0 amide bonds. The molecular formula is C9H4Cl2FN3. The minimum Gasteiger partial charge on any atom is -0.252 e. The van der Waals surface area contributed by atoms with Crippen LogP contribution in [0.5, 0.6) is 0 Å². The van der Waals surface area contributed by atoms with Gasteiger partial charge in [-0.15, -0.1) is 0 Å². The van der Waals surface area contributed by atoms with E-state index in [-0.39, 0.29) is 10.4 Å². The molecule has 0 atom stereocenters. The molecule has 0 radical (unpaired) electrons. The maximum atomic E-state index is 12.6. The molecule has 0 aromatic carbocycles. The van der Waals surface area contributed by atoms with Gasteiger partial charge in [0.25, 0.3) is 0 Å². The first-order chi connectivity index (χ1) is 7.15. The predicted octanol–water partition coefficient (Wildman–Crippen LogP) is 2.98. The third-order valence-electron chi connectivity index (χ3n) is 1.66. The molecule has 2 aromatic heterocycles. The number of nitrogens with zero attached hydrogens (tertiary/aromatic N) is 3. The number of hydrogen-bond donors (Lipinski definition) is 0. The smallest absolute Gasteiger partial charge is 0.224 e. The zero-order valence-electron chi connectivity index (χ0n) is 7.28. The highest BCUT2D eigenvalue weighted by molar-refractivity contribution is 6.32. The van der Waals surface area contributed by atoms with Crippen LogP contribution in [0.1, 0.15) is 0 Å². The van der Waals surface area contributed by atoms with Gasteiger partial charge < -0.3 is 0 Å². The van der Waals surface area contributed by atoms with Crippen molar-refractivity contribution >= 4 is 23.2 Å². The monoisotopic (exact) mass is 243 g/mol. The fourth-order valence-corrected chi connectivity index (χ4v) is 1.46. The average Bonchev–Trinajstić information content (AvgIpc) is 2.17. The summed E-state index contributed by atoms with van der Waals surface area (Å²) < 4.78 is 12.6. The molecule has 6 heteroatoms. The van der Waals surface area contributed by atoms with Crippen molar-refractivity contribution < 1.29 is 4.39 Å². The highest BCUT2D eigenvalue weighted by atomic mass is 35.5. The second-order valence-corrected chi connectivity index (χ2v) is 3.43. The molecule has 0 saturated carbocycles. The maximum Gasteiger partial charge on any atom is 0.224 e. The fourth-order valence-electron chi connectivity index (χ4n) is 1.05. The van der Waals surface area contributed by atoms with E-state index in [2.05, 4.69) is 15.0 Å². The summed E-state index contributed by atoms with van der Waals surface area (Å²) in [7, 11) is 0. The summed E-state index contributed by atoms with van der Waals surface area (Å²) in [6.07, 6.45) is 1.10. The van der Waals surface area contributed by atoms with Crippen molar-refractivity contribution in [3.8, 4) is 11.4 Å². The Morgan fingerprint density at radius 3 is 2.47 bits per heavy atom. The fraction of sp³-hybridized carbons (Fsp3) is 0. The van der Waals surface area contributed by atoms with E-state index in [1.165, 1.54) is 18.2 Å². The molecule has 76 valence electrons. The molecule has 2 rings (SSSR count). The van der Waals surface area contributed by atoms with Gasteiger partial charge in [0.1, 0.15) is 11.0 Å². The van der Waals surface area contributed by atoms with Gasteiger partial charge in [-0.3, -0.25) is 4.98 Å². The van der Waals surface area contributed by atoms with Crippen LogP contribution in [0.4, 0.5) is 4.39 Å². The van der Waals surface area contributed by atoms with Crippen molar-refractivity contribution in [2.45, 2.75) is 0 Å². The minimum atomic E-state index is -0.412. The van der Waals surface area contributed by atoms with Crippen LogP contribution in [0.15, 0.2) is 24.4 Å². The zero-order chi connectivity index (χ0) is 10.8. The number of pyridine rings is 1. The largest absolute Gasteiger partial charge is 0.252 e. The predicted molar refractivity (Wildman–Crippen MR) is 55.2 cm³/mol. The molecule has 0 spiro atoms. The second-order valence-electron chi connectivity index (χ2n) is 2.71. The molecule has 0 unspecified atom stereocenters. The summed E-state index contributed by atoms with van der Waals surface area (Å²) in [5, 5.41) is 0.250. The Morgan fingerprint density at radius 1 is 1.07 bits per heavy atom. The van der Waals surface area contributed by atoms with Gasteiger partial charge >= 0.3 is 0 Å². The molecule has 0 aliphatic carbocycles. The third kappa shape index (κ3) is 2.40. The molecule has 0 fully saturated rings. The Labute approximate surface area is 94.9 Å². The topological polar surface area (TPSA) is 38.7 Å². The third-order valence-corrected chi connectivity index (χ3v) is 2.02. The van der Waals surface area contributed by atoms with Crippen LogP contribution in [0.2, 0.25) is 10.4 Å². The lowest BCUT2D eigenvalue weighted by molar-refractivity contribution is 0.622. The first-order valence-corrected chi connectivity index (χ1v) is 4.73. The molecule has 0 N–H and O–H groups in total. The average molecular weight is 244 g/mol. The van der Waals surface area contributed by atoms with Crippen LogP contribution < -0.4 is 0 Å². The highest BCUT2D eigenvalue weighted by Crippen LogP contribution is 2.19. The molecule has 0 aliphatic heterocycles. The van der Waals surface area contributed by atoms with Crippen LogP contribution in [0, 0.1) is 5.82 Å². The van der Waals surface area contributed by atoms with Gasteiger partial charge in [0, 0.05) is 6.07 Å². The summed E-state index contributed by atoms with van der Waals surface area (Å²) >= 11 is 11.3. The lowest BCUT2D eigenvalue weighted by Gasteiger charge is -2.00. The van der Waals surface area contributed by atoms with Crippen molar-refractivity contribution in [2.75, 3.05) is 0 Å². The summed E-state index contributed by atoms with van der Waals surface area (Å²) in [6, 6.07) is 4.28. The Kier molecular flexibility index (Phi) is 2.79. The molecule has 0 saturated heterocycles. The number of rotatable bonds is 1. The van der Waals surface area contributed by atoms with E-state index in [1.54, 1.807) is 0 Å². The van der Waals surface area contributed by atoms with Crippen LogP contribution in [-0.2, 0) is 0 Å². The molecule has 3 nitrogen and oxygen atoms in total. The van der Waals surface area contributed by atoms with Crippen molar-refractivity contribution in [3.63, 3.8) is 0 Å². The summed E-state index contributed by atoms with van der Waals surface area (Å²) in [5.74, 6) is -0.412. The van der Waals surface area contributed by atoms with Crippen molar-refractivity contribution in [3.05, 3.63) is 40.6 Å². The Morgan fingerprint density at radius 2 is 1.87 bits per heavy atom. The second kappa shape index (κ2) is 4.08. The standard InChI is InChI=1S/C9H4Cl2FN3/c10-8-3-7(14-9(11)15-8)6-2-1-5(12)4-13-6/h1-4H.